The van der Waals surface area contributed by atoms with Crippen LogP contribution in [0.3, 0.4) is 0 Å². The molecule has 3 N–H and O–H groups in total. The van der Waals surface area contributed by atoms with E-state index in [4.69, 9.17) is 10.5 Å². The van der Waals surface area contributed by atoms with E-state index in [1.54, 1.807) is 0 Å². The zero-order valence-corrected chi connectivity index (χ0v) is 10.9. The summed E-state index contributed by atoms with van der Waals surface area (Å²) in [6, 6.07) is 0. The minimum Gasteiger partial charge on any atom is -0.449 e. The summed E-state index contributed by atoms with van der Waals surface area (Å²) in [5, 5.41) is 2.12. The average molecular weight is 258 g/mol. The van der Waals surface area contributed by atoms with Gasteiger partial charge in [-0.3, -0.25) is 4.79 Å². The predicted octanol–water partition coefficient (Wildman–Crippen LogP) is 1.02. The van der Waals surface area contributed by atoms with Gasteiger partial charge in [-0.2, -0.15) is 0 Å². The highest BCUT2D eigenvalue weighted by atomic mass is 32.1. The van der Waals surface area contributed by atoms with Gasteiger partial charge in [-0.05, 0) is 32.0 Å². The summed E-state index contributed by atoms with van der Waals surface area (Å²) in [5.41, 5.74) is 5.44. The van der Waals surface area contributed by atoms with Gasteiger partial charge in [0, 0.05) is 5.57 Å². The maximum absolute atomic E-state index is 11.6. The van der Waals surface area contributed by atoms with E-state index in [0.717, 1.165) is 12.8 Å². The van der Waals surface area contributed by atoms with Gasteiger partial charge in [-0.25, -0.2) is 4.79 Å². The first-order chi connectivity index (χ1) is 7.88. The summed E-state index contributed by atoms with van der Waals surface area (Å²) in [6.45, 7) is 6.95. The lowest BCUT2D eigenvalue weighted by Gasteiger charge is -2.16. The maximum atomic E-state index is 11.6. The molecule has 0 aromatic heterocycles. The van der Waals surface area contributed by atoms with Crippen molar-refractivity contribution in [2.75, 3.05) is 0 Å². The molecule has 1 atom stereocenters. The number of carbonyl (C=O) groups excluding carboxylic acids is 2. The van der Waals surface area contributed by atoms with Crippen LogP contribution in [0, 0.1) is 0 Å². The van der Waals surface area contributed by atoms with E-state index in [9.17, 15) is 9.59 Å². The molecule has 1 amide bonds. The average Bonchev–Trinajstić information content (AvgIpc) is 2.22. The minimum absolute atomic E-state index is 0.136. The van der Waals surface area contributed by atoms with Crippen molar-refractivity contribution in [3.05, 3.63) is 12.2 Å². The number of carbonyl (C=O) groups is 2. The molecule has 0 heterocycles. The Hall–Kier alpha value is -1.43. The molecule has 0 saturated carbocycles. The molecule has 6 heteroatoms. The molecule has 0 saturated heterocycles. The molecule has 0 fully saturated rings. The molecule has 0 aromatic rings. The molecule has 0 aliphatic heterocycles. The van der Waals surface area contributed by atoms with E-state index >= 15 is 0 Å². The summed E-state index contributed by atoms with van der Waals surface area (Å²) in [5.74, 6) is -1.09. The third-order valence-electron chi connectivity index (χ3n) is 1.96. The number of esters is 1. The largest absolute Gasteiger partial charge is 0.449 e. The summed E-state index contributed by atoms with van der Waals surface area (Å²) in [6.07, 6.45) is 1.21. The van der Waals surface area contributed by atoms with Crippen LogP contribution in [-0.4, -0.2) is 23.1 Å². The van der Waals surface area contributed by atoms with Crippen molar-refractivity contribution in [3.63, 3.8) is 0 Å². The zero-order chi connectivity index (χ0) is 13.4. The molecular weight excluding hydrogens is 240 g/mol. The zero-order valence-electron chi connectivity index (χ0n) is 10.1. The Morgan fingerprint density at radius 3 is 2.53 bits per heavy atom. The highest BCUT2D eigenvalue weighted by Gasteiger charge is 2.22. The molecular formula is C11H18N2O3S. The molecule has 0 radical (unpaired) electrons. The van der Waals surface area contributed by atoms with Crippen LogP contribution in [0.4, 0.5) is 0 Å². The molecule has 1 unspecified atom stereocenters. The number of hydrogen-bond donors (Lipinski definition) is 2. The minimum atomic E-state index is -0.874. The first kappa shape index (κ1) is 15.6. The maximum Gasteiger partial charge on any atom is 0.333 e. The molecule has 0 spiro atoms. The highest BCUT2D eigenvalue weighted by Crippen LogP contribution is 2.07. The van der Waals surface area contributed by atoms with Gasteiger partial charge in [0.25, 0.3) is 5.91 Å². The van der Waals surface area contributed by atoms with E-state index in [2.05, 4.69) is 24.1 Å². The van der Waals surface area contributed by atoms with E-state index in [0.29, 0.717) is 6.42 Å². The first-order valence-electron chi connectivity index (χ1n) is 5.35. The standard InChI is InChI=1S/C11H18N2O3S/c1-4-5-6-8(9(14)13-11(12)17)16-10(15)7(2)3/h8H,2,4-6H2,1,3H3,(H3,12,13,14,17). The molecule has 0 bridgehead atoms. The van der Waals surface area contributed by atoms with E-state index in [-0.39, 0.29) is 10.7 Å². The Bertz CT molecular complexity index is 329. The second kappa shape index (κ2) is 7.78. The molecule has 96 valence electrons. The van der Waals surface area contributed by atoms with Gasteiger partial charge < -0.3 is 15.8 Å². The van der Waals surface area contributed by atoms with Crippen molar-refractivity contribution in [3.8, 4) is 0 Å². The second-order valence-corrected chi connectivity index (χ2v) is 4.11. The molecule has 0 rings (SSSR count). The van der Waals surface area contributed by atoms with Crippen molar-refractivity contribution in [2.24, 2.45) is 5.73 Å². The van der Waals surface area contributed by atoms with E-state index in [1.807, 2.05) is 6.92 Å². The molecule has 5 nitrogen and oxygen atoms in total. The fourth-order valence-electron chi connectivity index (χ4n) is 1.06. The fraction of sp³-hybridized carbons (Fsp3) is 0.545. The van der Waals surface area contributed by atoms with Gasteiger partial charge in [0.2, 0.25) is 0 Å². The van der Waals surface area contributed by atoms with Crippen molar-refractivity contribution in [1.82, 2.24) is 5.32 Å². The smallest absolute Gasteiger partial charge is 0.333 e. The summed E-state index contributed by atoms with van der Waals surface area (Å²) in [7, 11) is 0. The Labute approximate surface area is 106 Å². The third-order valence-corrected chi connectivity index (χ3v) is 2.06. The monoisotopic (exact) mass is 258 g/mol. The number of nitrogens with two attached hydrogens (primary N) is 1. The Kier molecular flexibility index (Phi) is 7.13. The topological polar surface area (TPSA) is 81.4 Å². The van der Waals surface area contributed by atoms with Crippen molar-refractivity contribution in [2.45, 2.75) is 39.2 Å². The van der Waals surface area contributed by atoms with Gasteiger partial charge in [0.15, 0.2) is 11.2 Å². The van der Waals surface area contributed by atoms with Gasteiger partial charge >= 0.3 is 5.97 Å². The summed E-state index contributed by atoms with van der Waals surface area (Å²) >= 11 is 4.56. The van der Waals surface area contributed by atoms with Crippen molar-refractivity contribution < 1.29 is 14.3 Å². The third kappa shape index (κ3) is 6.68. The predicted molar refractivity (Wildman–Crippen MR) is 69.1 cm³/mol. The molecule has 0 aliphatic rings. The number of hydrogen-bond acceptors (Lipinski definition) is 4. The van der Waals surface area contributed by atoms with Gasteiger partial charge in [0.05, 0.1) is 0 Å². The number of thiocarbonyl (C=S) groups is 1. The van der Waals surface area contributed by atoms with Crippen LogP contribution < -0.4 is 11.1 Å². The lowest BCUT2D eigenvalue weighted by atomic mass is 10.1. The van der Waals surface area contributed by atoms with Crippen LogP contribution in [0.5, 0.6) is 0 Å². The van der Waals surface area contributed by atoms with Crippen molar-refractivity contribution in [1.29, 1.82) is 0 Å². The first-order valence-corrected chi connectivity index (χ1v) is 5.76. The van der Waals surface area contributed by atoms with Crippen LogP contribution in [0.15, 0.2) is 12.2 Å². The van der Waals surface area contributed by atoms with Crippen LogP contribution in [0.2, 0.25) is 0 Å². The lowest BCUT2D eigenvalue weighted by Crippen LogP contribution is -2.43. The van der Waals surface area contributed by atoms with Crippen LogP contribution in [0.1, 0.15) is 33.1 Å². The van der Waals surface area contributed by atoms with Gasteiger partial charge in [0.1, 0.15) is 0 Å². The van der Waals surface area contributed by atoms with E-state index in [1.165, 1.54) is 6.92 Å². The number of rotatable bonds is 6. The van der Waals surface area contributed by atoms with Crippen LogP contribution in [0.25, 0.3) is 0 Å². The molecule has 17 heavy (non-hydrogen) atoms. The number of ether oxygens (including phenoxy) is 1. The molecule has 0 aliphatic carbocycles. The Balaban J connectivity index is 4.51. The quantitative estimate of drug-likeness (QED) is 0.422. The number of nitrogens with one attached hydrogen (secondary N) is 1. The fourth-order valence-corrected chi connectivity index (χ4v) is 1.17. The molecule has 0 aromatic carbocycles. The Morgan fingerprint density at radius 2 is 2.12 bits per heavy atom. The van der Waals surface area contributed by atoms with Crippen molar-refractivity contribution >= 4 is 29.2 Å². The highest BCUT2D eigenvalue weighted by molar-refractivity contribution is 7.80. The number of amides is 1. The number of unbranched alkanes of at least 4 members (excludes halogenated alkanes) is 1. The van der Waals surface area contributed by atoms with Gasteiger partial charge in [-0.15, -0.1) is 0 Å². The lowest BCUT2D eigenvalue weighted by molar-refractivity contribution is -0.152. The van der Waals surface area contributed by atoms with Crippen LogP contribution in [-0.2, 0) is 14.3 Å². The summed E-state index contributed by atoms with van der Waals surface area (Å²) < 4.78 is 5.01. The second-order valence-electron chi connectivity index (χ2n) is 3.67. The van der Waals surface area contributed by atoms with Crippen LogP contribution >= 0.6 is 12.2 Å². The van der Waals surface area contributed by atoms with E-state index < -0.39 is 18.0 Å². The normalized spacial score (nSPS) is 11.4. The van der Waals surface area contributed by atoms with Gasteiger partial charge in [-0.1, -0.05) is 19.9 Å². The summed E-state index contributed by atoms with van der Waals surface area (Å²) in [4.78, 5) is 23.0. The Morgan fingerprint density at radius 1 is 1.53 bits per heavy atom. The SMILES string of the molecule is C=C(C)C(=O)OC(CCCC)C(=O)NC(N)=S.